The number of piperazine rings is 1. The molecule has 0 spiro atoms. The van der Waals surface area contributed by atoms with Gasteiger partial charge < -0.3 is 9.80 Å². The Morgan fingerprint density at radius 2 is 1.89 bits per heavy atom. The van der Waals surface area contributed by atoms with E-state index in [0.29, 0.717) is 23.7 Å². The van der Waals surface area contributed by atoms with Crippen molar-refractivity contribution in [2.75, 3.05) is 43.4 Å². The maximum Gasteiger partial charge on any atom is 0.293 e. The second-order valence-corrected chi connectivity index (χ2v) is 9.61. The minimum absolute atomic E-state index is 0.0851. The first-order valence-corrected chi connectivity index (χ1v) is 12.1. The highest BCUT2D eigenvalue weighted by Gasteiger charge is 2.25. The molecule has 180 valence electrons. The zero-order chi connectivity index (χ0) is 24.7. The Morgan fingerprint density at radius 3 is 2.60 bits per heavy atom. The van der Waals surface area contributed by atoms with Gasteiger partial charge in [0.1, 0.15) is 5.69 Å². The summed E-state index contributed by atoms with van der Waals surface area (Å²) in [4.78, 5) is 33.5. The fourth-order valence-electron chi connectivity index (χ4n) is 4.32. The lowest BCUT2D eigenvalue weighted by molar-refractivity contribution is -0.384. The van der Waals surface area contributed by atoms with Crippen molar-refractivity contribution in [2.24, 2.45) is 0 Å². The highest BCUT2D eigenvalue weighted by Crippen LogP contribution is 2.31. The van der Waals surface area contributed by atoms with Crippen LogP contribution in [0.25, 0.3) is 16.2 Å². The number of nitrogens with one attached hydrogen (secondary N) is 1. The predicted molar refractivity (Wildman–Crippen MR) is 137 cm³/mol. The summed E-state index contributed by atoms with van der Waals surface area (Å²) < 4.78 is 1.71. The topological polar surface area (TPSA) is 109 Å². The number of anilines is 2. The quantitative estimate of drug-likeness (QED) is 0.332. The van der Waals surface area contributed by atoms with Gasteiger partial charge in [0, 0.05) is 48.8 Å². The summed E-state index contributed by atoms with van der Waals surface area (Å²) in [6, 6.07) is 10.8. The Kier molecular flexibility index (Phi) is 5.95. The van der Waals surface area contributed by atoms with Crippen LogP contribution in [-0.4, -0.2) is 63.6 Å². The smallest absolute Gasteiger partial charge is 0.293 e. The van der Waals surface area contributed by atoms with E-state index in [4.69, 9.17) is 0 Å². The number of fused-ring (bicyclic) bond motifs is 1. The summed E-state index contributed by atoms with van der Waals surface area (Å²) in [5.41, 5.74) is 4.86. The van der Waals surface area contributed by atoms with E-state index in [2.05, 4.69) is 26.4 Å². The van der Waals surface area contributed by atoms with Crippen molar-refractivity contribution < 1.29 is 9.72 Å². The van der Waals surface area contributed by atoms with E-state index in [1.54, 1.807) is 16.6 Å². The number of aromatic nitrogens is 3. The van der Waals surface area contributed by atoms with E-state index in [1.807, 2.05) is 43.3 Å². The number of carbonyl (C=O) groups is 1. The zero-order valence-electron chi connectivity index (χ0n) is 19.7. The second-order valence-electron chi connectivity index (χ2n) is 8.77. The molecule has 5 rings (SSSR count). The molecule has 0 saturated carbocycles. The van der Waals surface area contributed by atoms with Crippen LogP contribution in [0.5, 0.6) is 0 Å². The molecular weight excluding hydrogens is 466 g/mol. The molecule has 35 heavy (non-hydrogen) atoms. The number of carbonyl (C=O) groups excluding carboxylic acids is 1. The van der Waals surface area contributed by atoms with Crippen molar-refractivity contribution in [3.63, 3.8) is 0 Å². The van der Waals surface area contributed by atoms with Crippen LogP contribution >= 0.6 is 11.3 Å². The van der Waals surface area contributed by atoms with Crippen molar-refractivity contribution in [1.82, 2.24) is 19.5 Å². The molecule has 0 radical (unpaired) electrons. The number of nitrogens with zero attached hydrogens (tertiary/aromatic N) is 6. The highest BCUT2D eigenvalue weighted by molar-refractivity contribution is 7.15. The average molecular weight is 492 g/mol. The Hall–Kier alpha value is -3.83. The van der Waals surface area contributed by atoms with E-state index in [0.717, 1.165) is 29.9 Å². The molecule has 1 N–H and O–H groups in total. The number of likely N-dealkylation sites (N-methyl/N-ethyl adjacent to an activating group) is 1. The standard InChI is InChI=1S/C24H25N7O3S/c1-15-4-6-18(16(2)12-15)21-14-35-24-26-23(27-30(21)24)25-22(32)17-5-7-19(20(13-17)31(33)34)29-10-8-28(3)9-11-29/h4-7,12-14H,8-11H2,1-3H3,(H,25,27,32). The summed E-state index contributed by atoms with van der Waals surface area (Å²) in [7, 11) is 2.03. The predicted octanol–water partition coefficient (Wildman–Crippen LogP) is 3.99. The number of nitro groups is 1. The lowest BCUT2D eigenvalue weighted by Gasteiger charge is -2.33. The second kappa shape index (κ2) is 9.08. The molecule has 2 aromatic heterocycles. The number of amides is 1. The SMILES string of the molecule is Cc1ccc(-c2csc3nc(NC(=O)c4ccc(N5CCN(C)CC5)c([N+](=O)[O-])c4)nn23)c(C)c1. The normalized spacial score (nSPS) is 14.4. The van der Waals surface area contributed by atoms with Crippen molar-refractivity contribution in [1.29, 1.82) is 0 Å². The average Bonchev–Trinajstić information content (AvgIpc) is 3.40. The van der Waals surface area contributed by atoms with E-state index < -0.39 is 10.8 Å². The van der Waals surface area contributed by atoms with Crippen LogP contribution in [0.2, 0.25) is 0 Å². The van der Waals surface area contributed by atoms with Crippen LogP contribution in [0, 0.1) is 24.0 Å². The van der Waals surface area contributed by atoms with E-state index >= 15 is 0 Å². The van der Waals surface area contributed by atoms with Gasteiger partial charge in [-0.15, -0.1) is 16.4 Å². The van der Waals surface area contributed by atoms with Gasteiger partial charge in [-0.05, 0) is 38.6 Å². The summed E-state index contributed by atoms with van der Waals surface area (Å²) in [6.07, 6.45) is 0. The monoisotopic (exact) mass is 491 g/mol. The van der Waals surface area contributed by atoms with Crippen LogP contribution in [0.1, 0.15) is 21.5 Å². The first-order chi connectivity index (χ1) is 16.8. The van der Waals surface area contributed by atoms with Gasteiger partial charge in [0.05, 0.1) is 10.6 Å². The molecule has 11 heteroatoms. The van der Waals surface area contributed by atoms with E-state index in [-0.39, 0.29) is 17.2 Å². The summed E-state index contributed by atoms with van der Waals surface area (Å²) in [6.45, 7) is 7.14. The van der Waals surface area contributed by atoms with Crippen molar-refractivity contribution >= 4 is 39.5 Å². The molecule has 2 aromatic carbocycles. The maximum absolute atomic E-state index is 12.9. The van der Waals surface area contributed by atoms with Gasteiger partial charge in [0.25, 0.3) is 17.5 Å². The van der Waals surface area contributed by atoms with Gasteiger partial charge >= 0.3 is 0 Å². The summed E-state index contributed by atoms with van der Waals surface area (Å²) in [5, 5.41) is 20.9. The largest absolute Gasteiger partial charge is 0.363 e. The number of aryl methyl sites for hydroxylation is 2. The third-order valence-electron chi connectivity index (χ3n) is 6.24. The fourth-order valence-corrected chi connectivity index (χ4v) is 5.14. The number of benzene rings is 2. The summed E-state index contributed by atoms with van der Waals surface area (Å²) in [5.74, 6) is -0.344. The maximum atomic E-state index is 12.9. The van der Waals surface area contributed by atoms with Gasteiger partial charge in [0.2, 0.25) is 4.96 Å². The van der Waals surface area contributed by atoms with Crippen LogP contribution in [0.15, 0.2) is 41.8 Å². The third kappa shape index (κ3) is 4.47. The molecule has 4 aromatic rings. The molecule has 1 aliphatic heterocycles. The number of hydrogen-bond donors (Lipinski definition) is 1. The molecule has 3 heterocycles. The van der Waals surface area contributed by atoms with Gasteiger partial charge in [-0.1, -0.05) is 23.8 Å². The van der Waals surface area contributed by atoms with Gasteiger partial charge in [-0.25, -0.2) is 4.52 Å². The highest BCUT2D eigenvalue weighted by atomic mass is 32.1. The van der Waals surface area contributed by atoms with Crippen molar-refractivity contribution in [2.45, 2.75) is 13.8 Å². The van der Waals surface area contributed by atoms with Gasteiger partial charge in [-0.2, -0.15) is 4.98 Å². The molecule has 1 amide bonds. The Bertz CT molecular complexity index is 1440. The number of rotatable bonds is 5. The molecule has 1 fully saturated rings. The number of thiazole rings is 1. The van der Waals surface area contributed by atoms with Crippen molar-refractivity contribution in [3.8, 4) is 11.3 Å². The third-order valence-corrected chi connectivity index (χ3v) is 7.06. The van der Waals surface area contributed by atoms with E-state index in [9.17, 15) is 14.9 Å². The van der Waals surface area contributed by atoms with E-state index in [1.165, 1.54) is 23.0 Å². The molecule has 0 atom stereocenters. The number of hydrogen-bond acceptors (Lipinski definition) is 8. The minimum Gasteiger partial charge on any atom is -0.363 e. The molecule has 1 saturated heterocycles. The van der Waals surface area contributed by atoms with Crippen molar-refractivity contribution in [3.05, 3.63) is 68.6 Å². The lowest BCUT2D eigenvalue weighted by atomic mass is 10.0. The molecule has 0 bridgehead atoms. The minimum atomic E-state index is -0.496. The van der Waals surface area contributed by atoms with Gasteiger partial charge in [0.15, 0.2) is 0 Å². The van der Waals surface area contributed by atoms with Crippen LogP contribution in [0.4, 0.5) is 17.3 Å². The Balaban J connectivity index is 1.39. The van der Waals surface area contributed by atoms with Crippen LogP contribution < -0.4 is 10.2 Å². The fraction of sp³-hybridized carbons (Fsp3) is 0.292. The van der Waals surface area contributed by atoms with Crippen LogP contribution in [-0.2, 0) is 0 Å². The lowest BCUT2D eigenvalue weighted by Crippen LogP contribution is -2.44. The molecular formula is C24H25N7O3S. The molecule has 1 aliphatic rings. The first-order valence-electron chi connectivity index (χ1n) is 11.3. The zero-order valence-corrected chi connectivity index (χ0v) is 20.5. The first kappa shape index (κ1) is 22.9. The molecule has 10 nitrogen and oxygen atoms in total. The van der Waals surface area contributed by atoms with Crippen LogP contribution in [0.3, 0.4) is 0 Å². The Labute approximate surface area is 206 Å². The Morgan fingerprint density at radius 1 is 1.11 bits per heavy atom. The summed E-state index contributed by atoms with van der Waals surface area (Å²) >= 11 is 1.43. The number of nitro benzene ring substituents is 1. The molecule has 0 unspecified atom stereocenters. The molecule has 0 aliphatic carbocycles. The van der Waals surface area contributed by atoms with Gasteiger partial charge in [-0.3, -0.25) is 20.2 Å².